The minimum Gasteiger partial charge on any atom is -0.373 e. The highest BCUT2D eigenvalue weighted by molar-refractivity contribution is 5.84. The maximum atomic E-state index is 11.9. The summed E-state index contributed by atoms with van der Waals surface area (Å²) in [5.74, 6) is -2.13. The molecule has 1 amide bonds. The molecule has 0 radical (unpaired) electrons. The van der Waals surface area contributed by atoms with E-state index in [9.17, 15) is 22.8 Å². The van der Waals surface area contributed by atoms with E-state index in [1.807, 2.05) is 0 Å². The van der Waals surface area contributed by atoms with E-state index in [0.717, 1.165) is 12.8 Å². The van der Waals surface area contributed by atoms with Gasteiger partial charge in [0.2, 0.25) is 0 Å². The summed E-state index contributed by atoms with van der Waals surface area (Å²) in [5, 5.41) is 1.58. The summed E-state index contributed by atoms with van der Waals surface area (Å²) in [6.45, 7) is 1.45. The number of halogens is 3. The molecule has 0 heterocycles. The van der Waals surface area contributed by atoms with E-state index < -0.39 is 24.2 Å². The maximum Gasteiger partial charge on any atom is 0.471 e. The van der Waals surface area contributed by atoms with Gasteiger partial charge in [0.25, 0.3) is 0 Å². The first-order valence-electron chi connectivity index (χ1n) is 4.83. The summed E-state index contributed by atoms with van der Waals surface area (Å²) in [4.78, 5) is 21.1. The van der Waals surface area contributed by atoms with Gasteiger partial charge in [0.05, 0.1) is 12.2 Å². The van der Waals surface area contributed by atoms with E-state index in [1.54, 1.807) is 5.32 Å². The Kier molecular flexibility index (Phi) is 3.90. The van der Waals surface area contributed by atoms with Gasteiger partial charge in [0.15, 0.2) is 0 Å². The average molecular weight is 239 g/mol. The van der Waals surface area contributed by atoms with E-state index in [4.69, 9.17) is 4.74 Å². The summed E-state index contributed by atoms with van der Waals surface area (Å²) in [7, 11) is 0. The SMILES string of the molecule is CC(OC1CC1)C(C=O)NC(=O)C(F)(F)F. The molecule has 0 aromatic carbocycles. The Balaban J connectivity index is 2.46. The first-order chi connectivity index (χ1) is 7.34. The number of nitrogens with one attached hydrogen (secondary N) is 1. The molecule has 0 spiro atoms. The van der Waals surface area contributed by atoms with Gasteiger partial charge in [0, 0.05) is 0 Å². The Hall–Kier alpha value is -1.11. The number of carbonyl (C=O) groups is 2. The van der Waals surface area contributed by atoms with Gasteiger partial charge in [-0.2, -0.15) is 13.2 Å². The van der Waals surface area contributed by atoms with Crippen molar-refractivity contribution in [3.63, 3.8) is 0 Å². The molecule has 2 unspecified atom stereocenters. The summed E-state index contributed by atoms with van der Waals surface area (Å²) in [6.07, 6.45) is -3.82. The van der Waals surface area contributed by atoms with E-state index in [2.05, 4.69) is 0 Å². The molecule has 1 saturated carbocycles. The Bertz CT molecular complexity index is 276. The van der Waals surface area contributed by atoms with Crippen LogP contribution in [0.5, 0.6) is 0 Å². The van der Waals surface area contributed by atoms with Crippen LogP contribution in [0.2, 0.25) is 0 Å². The first kappa shape index (κ1) is 13.0. The van der Waals surface area contributed by atoms with Crippen molar-refractivity contribution in [3.8, 4) is 0 Å². The highest BCUT2D eigenvalue weighted by Crippen LogP contribution is 2.25. The maximum absolute atomic E-state index is 11.9. The van der Waals surface area contributed by atoms with Crippen LogP contribution in [0.1, 0.15) is 19.8 Å². The Morgan fingerprint density at radius 2 is 2.06 bits per heavy atom. The van der Waals surface area contributed by atoms with Gasteiger partial charge < -0.3 is 14.8 Å². The monoisotopic (exact) mass is 239 g/mol. The third-order valence-electron chi connectivity index (χ3n) is 2.14. The Labute approximate surface area is 90.1 Å². The fraction of sp³-hybridized carbons (Fsp3) is 0.778. The lowest BCUT2D eigenvalue weighted by Crippen LogP contribution is -2.49. The van der Waals surface area contributed by atoms with Crippen LogP contribution in [0.3, 0.4) is 0 Å². The van der Waals surface area contributed by atoms with Crippen LogP contribution in [-0.4, -0.2) is 36.6 Å². The normalized spacial score (nSPS) is 20.0. The van der Waals surface area contributed by atoms with Gasteiger partial charge >= 0.3 is 12.1 Å². The highest BCUT2D eigenvalue weighted by atomic mass is 19.4. The molecular weight excluding hydrogens is 227 g/mol. The van der Waals surface area contributed by atoms with Crippen LogP contribution in [-0.2, 0) is 14.3 Å². The van der Waals surface area contributed by atoms with Crippen molar-refractivity contribution in [1.29, 1.82) is 0 Å². The van der Waals surface area contributed by atoms with Gasteiger partial charge in [-0.3, -0.25) is 4.79 Å². The minimum atomic E-state index is -4.99. The van der Waals surface area contributed by atoms with Gasteiger partial charge in [-0.1, -0.05) is 0 Å². The van der Waals surface area contributed by atoms with Crippen molar-refractivity contribution in [3.05, 3.63) is 0 Å². The molecule has 0 aromatic rings. The number of ether oxygens (including phenoxy) is 1. The predicted molar refractivity (Wildman–Crippen MR) is 47.6 cm³/mol. The third-order valence-corrected chi connectivity index (χ3v) is 2.14. The summed E-state index contributed by atoms with van der Waals surface area (Å²) in [6, 6.07) is -1.27. The molecule has 2 atom stereocenters. The van der Waals surface area contributed by atoms with E-state index >= 15 is 0 Å². The molecule has 92 valence electrons. The molecule has 4 nitrogen and oxygen atoms in total. The lowest BCUT2D eigenvalue weighted by atomic mass is 10.2. The number of amides is 1. The minimum absolute atomic E-state index is 0.000221. The van der Waals surface area contributed by atoms with E-state index in [0.29, 0.717) is 0 Å². The van der Waals surface area contributed by atoms with Crippen LogP contribution in [0.4, 0.5) is 13.2 Å². The molecule has 0 bridgehead atoms. The molecule has 1 rings (SSSR count). The second-order valence-electron chi connectivity index (χ2n) is 3.67. The van der Waals surface area contributed by atoms with Crippen molar-refractivity contribution in [2.45, 2.75) is 44.2 Å². The molecule has 1 fully saturated rings. The summed E-state index contributed by atoms with van der Waals surface area (Å²) < 4.78 is 41.0. The zero-order valence-corrected chi connectivity index (χ0v) is 8.58. The molecule has 0 aliphatic heterocycles. The number of alkyl halides is 3. The second kappa shape index (κ2) is 4.82. The third kappa shape index (κ3) is 3.80. The number of aldehydes is 1. The van der Waals surface area contributed by atoms with Crippen LogP contribution in [0, 0.1) is 0 Å². The molecule has 7 heteroatoms. The fourth-order valence-electron chi connectivity index (χ4n) is 1.09. The van der Waals surface area contributed by atoms with E-state index in [1.165, 1.54) is 6.92 Å². The largest absolute Gasteiger partial charge is 0.471 e. The molecule has 1 N–H and O–H groups in total. The number of hydrogen-bond acceptors (Lipinski definition) is 3. The zero-order chi connectivity index (χ0) is 12.3. The van der Waals surface area contributed by atoms with Crippen molar-refractivity contribution < 1.29 is 27.5 Å². The van der Waals surface area contributed by atoms with Crippen LogP contribution < -0.4 is 5.32 Å². The molecule has 16 heavy (non-hydrogen) atoms. The topological polar surface area (TPSA) is 55.4 Å². The Morgan fingerprint density at radius 3 is 2.44 bits per heavy atom. The zero-order valence-electron chi connectivity index (χ0n) is 8.58. The van der Waals surface area contributed by atoms with Crippen molar-refractivity contribution in [2.75, 3.05) is 0 Å². The standard InChI is InChI=1S/C9H12F3NO3/c1-5(16-6-2-3-6)7(4-14)13-8(15)9(10,11)12/h4-7H,2-3H2,1H3,(H,13,15). The molecular formula is C9H12F3NO3. The van der Waals surface area contributed by atoms with Crippen molar-refractivity contribution in [1.82, 2.24) is 5.32 Å². The fourth-order valence-corrected chi connectivity index (χ4v) is 1.09. The lowest BCUT2D eigenvalue weighted by Gasteiger charge is -2.21. The molecule has 0 aromatic heterocycles. The predicted octanol–water partition coefficient (Wildman–Crippen LogP) is 0.800. The summed E-state index contributed by atoms with van der Waals surface area (Å²) >= 11 is 0. The van der Waals surface area contributed by atoms with Gasteiger partial charge in [-0.05, 0) is 19.8 Å². The van der Waals surface area contributed by atoms with E-state index in [-0.39, 0.29) is 12.4 Å². The smallest absolute Gasteiger partial charge is 0.373 e. The molecule has 1 aliphatic carbocycles. The molecule has 0 saturated heterocycles. The van der Waals surface area contributed by atoms with Gasteiger partial charge in [-0.25, -0.2) is 0 Å². The lowest BCUT2D eigenvalue weighted by molar-refractivity contribution is -0.175. The second-order valence-corrected chi connectivity index (χ2v) is 3.67. The number of rotatable bonds is 5. The number of hydrogen-bond donors (Lipinski definition) is 1. The Morgan fingerprint density at radius 1 is 1.50 bits per heavy atom. The quantitative estimate of drug-likeness (QED) is 0.722. The number of carbonyl (C=O) groups excluding carboxylic acids is 2. The van der Waals surface area contributed by atoms with Crippen LogP contribution in [0.15, 0.2) is 0 Å². The summed E-state index contributed by atoms with van der Waals surface area (Å²) in [5.41, 5.74) is 0. The van der Waals surface area contributed by atoms with Gasteiger partial charge in [0.1, 0.15) is 12.3 Å². The van der Waals surface area contributed by atoms with Gasteiger partial charge in [-0.15, -0.1) is 0 Å². The van der Waals surface area contributed by atoms with Crippen LogP contribution >= 0.6 is 0 Å². The van der Waals surface area contributed by atoms with Crippen LogP contribution in [0.25, 0.3) is 0 Å². The average Bonchev–Trinajstić information content (AvgIpc) is 2.95. The molecule has 1 aliphatic rings. The first-order valence-corrected chi connectivity index (χ1v) is 4.83. The van der Waals surface area contributed by atoms with Crippen molar-refractivity contribution in [2.24, 2.45) is 0 Å². The van der Waals surface area contributed by atoms with Crippen molar-refractivity contribution >= 4 is 12.2 Å². The highest BCUT2D eigenvalue weighted by Gasteiger charge is 2.41.